The van der Waals surface area contributed by atoms with Crippen molar-refractivity contribution in [2.45, 2.75) is 44.8 Å². The van der Waals surface area contributed by atoms with Crippen molar-refractivity contribution in [2.24, 2.45) is 0 Å². The smallest absolute Gasteiger partial charge is 0.410 e. The van der Waals surface area contributed by atoms with E-state index in [1.165, 1.54) is 6.33 Å². The van der Waals surface area contributed by atoms with Gasteiger partial charge in [0, 0.05) is 25.7 Å². The number of fused-ring (bicyclic) bond motifs is 1. The summed E-state index contributed by atoms with van der Waals surface area (Å²) in [6.07, 6.45) is 3.05. The third kappa shape index (κ3) is 3.41. The number of pyridine rings is 1. The van der Waals surface area contributed by atoms with E-state index in [1.807, 2.05) is 31.7 Å². The summed E-state index contributed by atoms with van der Waals surface area (Å²) < 4.78 is 11.2. The number of hydrogen-bond donors (Lipinski definition) is 0. The minimum absolute atomic E-state index is 0.209. The van der Waals surface area contributed by atoms with Crippen molar-refractivity contribution in [3.8, 4) is 5.75 Å². The molecule has 1 spiro atoms. The summed E-state index contributed by atoms with van der Waals surface area (Å²) >= 11 is 6.22. The maximum absolute atomic E-state index is 12.7. The van der Waals surface area contributed by atoms with Gasteiger partial charge in [0.2, 0.25) is 0 Å². The van der Waals surface area contributed by atoms with Crippen LogP contribution in [0.4, 0.5) is 10.6 Å². The van der Waals surface area contributed by atoms with E-state index in [-0.39, 0.29) is 11.6 Å². The maximum atomic E-state index is 12.7. The first-order valence-electron chi connectivity index (χ1n) is 9.33. The van der Waals surface area contributed by atoms with Crippen LogP contribution in [0.25, 0.3) is 11.0 Å². The Balaban J connectivity index is 1.62. The van der Waals surface area contributed by atoms with Gasteiger partial charge < -0.3 is 14.4 Å². The molecule has 1 aliphatic carbocycles. The van der Waals surface area contributed by atoms with Crippen LogP contribution >= 0.6 is 11.6 Å². The number of halogens is 1. The summed E-state index contributed by atoms with van der Waals surface area (Å²) in [6, 6.07) is 1.82. The highest BCUT2D eigenvalue weighted by Crippen LogP contribution is 2.46. The standard InChI is InChI=1S/C19H24ClN5O3/c1-18(2,3)28-17(26)25-8-7-24(10-19(25)5-6-19)16-13(27-4)9-12-14(23-16)15(20)22-11-21-12/h9,11H,5-8,10H2,1-4H3. The average Bonchev–Trinajstić information content (AvgIpc) is 3.38. The molecule has 0 bridgehead atoms. The Morgan fingerprint density at radius 1 is 1.25 bits per heavy atom. The number of rotatable bonds is 2. The van der Waals surface area contributed by atoms with Gasteiger partial charge in [-0.25, -0.2) is 19.7 Å². The molecule has 3 heterocycles. The number of piperazine rings is 1. The molecule has 28 heavy (non-hydrogen) atoms. The first-order valence-corrected chi connectivity index (χ1v) is 9.71. The zero-order valence-electron chi connectivity index (χ0n) is 16.5. The van der Waals surface area contributed by atoms with Crippen LogP contribution in [0.3, 0.4) is 0 Å². The SMILES string of the molecule is COc1cc2ncnc(Cl)c2nc1N1CCN(C(=O)OC(C)(C)C)C2(CC2)C1. The van der Waals surface area contributed by atoms with E-state index in [2.05, 4.69) is 14.9 Å². The molecule has 0 unspecified atom stereocenters. The normalized spacial score (nSPS) is 18.5. The van der Waals surface area contributed by atoms with Gasteiger partial charge in [0.25, 0.3) is 0 Å². The van der Waals surface area contributed by atoms with Gasteiger partial charge in [-0.15, -0.1) is 0 Å². The maximum Gasteiger partial charge on any atom is 0.410 e. The number of amides is 1. The molecular weight excluding hydrogens is 382 g/mol. The molecule has 150 valence electrons. The van der Waals surface area contributed by atoms with Gasteiger partial charge in [-0.3, -0.25) is 4.90 Å². The van der Waals surface area contributed by atoms with Crippen molar-refractivity contribution >= 4 is 34.5 Å². The monoisotopic (exact) mass is 405 g/mol. The topological polar surface area (TPSA) is 80.7 Å². The molecule has 8 nitrogen and oxygen atoms in total. The molecule has 1 saturated heterocycles. The number of hydrogen-bond acceptors (Lipinski definition) is 7. The number of carbonyl (C=O) groups is 1. The first-order chi connectivity index (χ1) is 13.2. The van der Waals surface area contributed by atoms with Gasteiger partial charge in [0.15, 0.2) is 16.7 Å². The fourth-order valence-corrected chi connectivity index (χ4v) is 3.82. The summed E-state index contributed by atoms with van der Waals surface area (Å²) in [5.74, 6) is 1.32. The van der Waals surface area contributed by atoms with Gasteiger partial charge in [-0.05, 0) is 33.6 Å². The van der Waals surface area contributed by atoms with Crippen LogP contribution in [0.2, 0.25) is 5.15 Å². The van der Waals surface area contributed by atoms with E-state index in [0.717, 1.165) is 12.8 Å². The lowest BCUT2D eigenvalue weighted by Gasteiger charge is -2.43. The van der Waals surface area contributed by atoms with Crippen LogP contribution < -0.4 is 9.64 Å². The molecule has 2 aromatic heterocycles. The molecule has 2 fully saturated rings. The molecule has 1 aliphatic heterocycles. The Kier molecular flexibility index (Phi) is 4.49. The predicted molar refractivity (Wildman–Crippen MR) is 106 cm³/mol. The van der Waals surface area contributed by atoms with E-state index in [9.17, 15) is 4.79 Å². The Labute approximate surface area is 168 Å². The van der Waals surface area contributed by atoms with Crippen molar-refractivity contribution in [1.82, 2.24) is 19.9 Å². The Bertz CT molecular complexity index is 926. The molecular formula is C19H24ClN5O3. The van der Waals surface area contributed by atoms with Crippen molar-refractivity contribution in [3.63, 3.8) is 0 Å². The highest BCUT2D eigenvalue weighted by Gasteiger charge is 2.54. The molecule has 9 heteroatoms. The van der Waals surface area contributed by atoms with E-state index in [1.54, 1.807) is 7.11 Å². The van der Waals surface area contributed by atoms with E-state index < -0.39 is 5.60 Å². The van der Waals surface area contributed by atoms with Crippen molar-refractivity contribution in [3.05, 3.63) is 17.5 Å². The van der Waals surface area contributed by atoms with Crippen LogP contribution in [-0.2, 0) is 4.74 Å². The van der Waals surface area contributed by atoms with Crippen LogP contribution in [0, 0.1) is 0 Å². The number of carbonyl (C=O) groups excluding carboxylic acids is 1. The Morgan fingerprint density at radius 3 is 2.64 bits per heavy atom. The fraction of sp³-hybridized carbons (Fsp3) is 0.579. The van der Waals surface area contributed by atoms with Crippen molar-refractivity contribution in [2.75, 3.05) is 31.6 Å². The van der Waals surface area contributed by atoms with Crippen molar-refractivity contribution in [1.29, 1.82) is 0 Å². The second kappa shape index (κ2) is 6.62. The van der Waals surface area contributed by atoms with Gasteiger partial charge in [-0.2, -0.15) is 0 Å². The third-order valence-corrected chi connectivity index (χ3v) is 5.40. The number of anilines is 1. The number of nitrogens with zero attached hydrogens (tertiary/aromatic N) is 5. The molecule has 1 saturated carbocycles. The summed E-state index contributed by atoms with van der Waals surface area (Å²) in [7, 11) is 1.61. The summed E-state index contributed by atoms with van der Waals surface area (Å²) in [5, 5.41) is 0.308. The zero-order chi connectivity index (χ0) is 20.1. The number of ether oxygens (including phenoxy) is 2. The minimum Gasteiger partial charge on any atom is -0.493 e. The summed E-state index contributed by atoms with van der Waals surface area (Å²) in [5.41, 5.74) is 0.456. The molecule has 1 amide bonds. The van der Waals surface area contributed by atoms with Crippen LogP contribution in [0.5, 0.6) is 5.75 Å². The average molecular weight is 406 g/mol. The lowest BCUT2D eigenvalue weighted by molar-refractivity contribution is 0.0106. The summed E-state index contributed by atoms with van der Waals surface area (Å²) in [4.78, 5) is 29.6. The molecule has 0 radical (unpaired) electrons. The van der Waals surface area contributed by atoms with Crippen LogP contribution in [0.1, 0.15) is 33.6 Å². The van der Waals surface area contributed by atoms with Crippen LogP contribution in [-0.4, -0.2) is 63.8 Å². The highest BCUT2D eigenvalue weighted by atomic mass is 35.5. The third-order valence-electron chi connectivity index (χ3n) is 5.12. The second-order valence-electron chi connectivity index (χ2n) is 8.32. The minimum atomic E-state index is -0.510. The molecule has 2 aliphatic rings. The molecule has 0 N–H and O–H groups in total. The lowest BCUT2D eigenvalue weighted by atomic mass is 10.1. The van der Waals surface area contributed by atoms with Gasteiger partial charge in [0.05, 0.1) is 18.2 Å². The van der Waals surface area contributed by atoms with Gasteiger partial charge >= 0.3 is 6.09 Å². The molecule has 2 aromatic rings. The van der Waals surface area contributed by atoms with E-state index in [4.69, 9.17) is 26.1 Å². The van der Waals surface area contributed by atoms with Crippen molar-refractivity contribution < 1.29 is 14.3 Å². The van der Waals surface area contributed by atoms with Gasteiger partial charge in [0.1, 0.15) is 17.4 Å². The summed E-state index contributed by atoms with van der Waals surface area (Å²) in [6.45, 7) is 7.52. The molecule has 4 rings (SSSR count). The predicted octanol–water partition coefficient (Wildman–Crippen LogP) is 3.28. The van der Waals surface area contributed by atoms with E-state index in [0.29, 0.717) is 47.4 Å². The number of aromatic nitrogens is 3. The quantitative estimate of drug-likeness (QED) is 0.709. The molecule has 0 atom stereocenters. The zero-order valence-corrected chi connectivity index (χ0v) is 17.3. The highest BCUT2D eigenvalue weighted by molar-refractivity contribution is 6.33. The second-order valence-corrected chi connectivity index (χ2v) is 8.68. The lowest BCUT2D eigenvalue weighted by Crippen LogP contribution is -2.58. The first kappa shape index (κ1) is 19.0. The number of methoxy groups -OCH3 is 1. The van der Waals surface area contributed by atoms with Crippen LogP contribution in [0.15, 0.2) is 12.4 Å². The van der Waals surface area contributed by atoms with E-state index >= 15 is 0 Å². The Hall–Kier alpha value is -2.35. The fourth-order valence-electron chi connectivity index (χ4n) is 3.64. The largest absolute Gasteiger partial charge is 0.493 e. The Morgan fingerprint density at radius 2 is 2.00 bits per heavy atom. The van der Waals surface area contributed by atoms with Gasteiger partial charge in [-0.1, -0.05) is 11.6 Å². The molecule has 0 aromatic carbocycles.